The van der Waals surface area contributed by atoms with Crippen LogP contribution in [0.1, 0.15) is 44.6 Å². The summed E-state index contributed by atoms with van der Waals surface area (Å²) in [5.41, 5.74) is 6.78. The molecule has 158 valence electrons. The van der Waals surface area contributed by atoms with E-state index in [1.165, 1.54) is 7.11 Å². The van der Waals surface area contributed by atoms with Gasteiger partial charge in [0.15, 0.2) is 11.5 Å². The molecule has 2 rings (SSSR count). The second kappa shape index (κ2) is 10.8. The zero-order valence-electron chi connectivity index (χ0n) is 17.4. The number of nitriles is 2. The summed E-state index contributed by atoms with van der Waals surface area (Å²) < 4.78 is 22.1. The largest absolute Gasteiger partial charge is 0.493 e. The smallest absolute Gasteiger partial charge is 0.338 e. The van der Waals surface area contributed by atoms with E-state index in [-0.39, 0.29) is 29.4 Å². The van der Waals surface area contributed by atoms with Gasteiger partial charge in [0, 0.05) is 12.0 Å². The van der Waals surface area contributed by atoms with Crippen LogP contribution >= 0.6 is 0 Å². The Bertz CT molecular complexity index is 937. The van der Waals surface area contributed by atoms with Crippen LogP contribution < -0.4 is 15.2 Å². The highest BCUT2D eigenvalue weighted by Crippen LogP contribution is 2.45. The van der Waals surface area contributed by atoms with Gasteiger partial charge in [-0.1, -0.05) is 12.1 Å². The van der Waals surface area contributed by atoms with E-state index in [2.05, 4.69) is 12.1 Å². The van der Waals surface area contributed by atoms with Gasteiger partial charge >= 0.3 is 5.97 Å². The maximum absolute atomic E-state index is 12.7. The SMILES string of the molecule is CCOC(=O)C1=C(C)OC(N)=C(C#N)C1c1cccc(OC)c1OCCCCC#N. The van der Waals surface area contributed by atoms with Crippen molar-refractivity contribution in [1.29, 1.82) is 10.5 Å². The fourth-order valence-corrected chi connectivity index (χ4v) is 3.22. The molecule has 1 aromatic rings. The van der Waals surface area contributed by atoms with Crippen molar-refractivity contribution in [3.63, 3.8) is 0 Å². The maximum Gasteiger partial charge on any atom is 0.338 e. The van der Waals surface area contributed by atoms with Crippen molar-refractivity contribution in [2.75, 3.05) is 20.3 Å². The Hall–Kier alpha value is -3.65. The number of nitrogens with two attached hydrogens (primary N) is 1. The quantitative estimate of drug-likeness (QED) is 0.484. The first-order valence-corrected chi connectivity index (χ1v) is 9.62. The van der Waals surface area contributed by atoms with Gasteiger partial charge in [0.05, 0.1) is 37.9 Å². The zero-order valence-corrected chi connectivity index (χ0v) is 17.4. The Morgan fingerprint density at radius 2 is 2.07 bits per heavy atom. The lowest BCUT2D eigenvalue weighted by atomic mass is 9.82. The highest BCUT2D eigenvalue weighted by molar-refractivity contribution is 5.93. The predicted molar refractivity (Wildman–Crippen MR) is 108 cm³/mol. The molecule has 0 saturated carbocycles. The molecule has 8 nitrogen and oxygen atoms in total. The molecular weight excluding hydrogens is 386 g/mol. The Morgan fingerprint density at radius 1 is 1.30 bits per heavy atom. The molecule has 0 amide bonds. The first-order chi connectivity index (χ1) is 14.5. The lowest BCUT2D eigenvalue weighted by Gasteiger charge is -2.28. The second-order valence-electron chi connectivity index (χ2n) is 6.46. The number of benzene rings is 1. The van der Waals surface area contributed by atoms with Crippen molar-refractivity contribution in [2.45, 2.75) is 39.0 Å². The van der Waals surface area contributed by atoms with Gasteiger partial charge in [-0.25, -0.2) is 4.79 Å². The van der Waals surface area contributed by atoms with Gasteiger partial charge in [0.25, 0.3) is 0 Å². The monoisotopic (exact) mass is 411 g/mol. The topological polar surface area (TPSA) is 128 Å². The number of hydrogen-bond donors (Lipinski definition) is 1. The number of esters is 1. The fourth-order valence-electron chi connectivity index (χ4n) is 3.22. The van der Waals surface area contributed by atoms with E-state index in [1.54, 1.807) is 32.0 Å². The van der Waals surface area contributed by atoms with Crippen LogP contribution in [0, 0.1) is 22.7 Å². The first kappa shape index (κ1) is 22.6. The molecule has 1 aromatic carbocycles. The minimum absolute atomic E-state index is 0.0733. The number of allylic oxidation sites excluding steroid dienone is 2. The van der Waals surface area contributed by atoms with Crippen LogP contribution in [-0.4, -0.2) is 26.3 Å². The first-order valence-electron chi connectivity index (χ1n) is 9.62. The van der Waals surface area contributed by atoms with E-state index in [0.717, 1.165) is 0 Å². The molecule has 1 heterocycles. The van der Waals surface area contributed by atoms with Crippen LogP contribution in [0.3, 0.4) is 0 Å². The third-order valence-corrected chi connectivity index (χ3v) is 4.57. The molecule has 0 saturated heterocycles. The molecule has 0 spiro atoms. The molecule has 0 aromatic heterocycles. The Labute approximate surface area is 176 Å². The van der Waals surface area contributed by atoms with Crippen LogP contribution in [0.4, 0.5) is 0 Å². The average Bonchev–Trinajstić information content (AvgIpc) is 2.73. The number of nitrogens with zero attached hydrogens (tertiary/aromatic N) is 2. The molecule has 1 aliphatic heterocycles. The average molecular weight is 411 g/mol. The number of ether oxygens (including phenoxy) is 4. The van der Waals surface area contributed by atoms with Gasteiger partial charge in [0.1, 0.15) is 17.4 Å². The molecule has 0 fully saturated rings. The van der Waals surface area contributed by atoms with E-state index in [1.807, 2.05) is 0 Å². The van der Waals surface area contributed by atoms with Gasteiger partial charge in [-0.3, -0.25) is 0 Å². The molecule has 0 bridgehead atoms. The fraction of sp³-hybridized carbons (Fsp3) is 0.409. The summed E-state index contributed by atoms with van der Waals surface area (Å²) in [6.45, 7) is 3.81. The maximum atomic E-state index is 12.7. The molecule has 1 atom stereocenters. The van der Waals surface area contributed by atoms with Crippen molar-refractivity contribution in [2.24, 2.45) is 5.73 Å². The summed E-state index contributed by atoms with van der Waals surface area (Å²) in [6, 6.07) is 9.38. The van der Waals surface area contributed by atoms with Gasteiger partial charge < -0.3 is 24.7 Å². The highest BCUT2D eigenvalue weighted by atomic mass is 16.5. The van der Waals surface area contributed by atoms with Crippen molar-refractivity contribution in [1.82, 2.24) is 0 Å². The van der Waals surface area contributed by atoms with E-state index < -0.39 is 11.9 Å². The molecular formula is C22H25N3O5. The number of methoxy groups -OCH3 is 1. The lowest BCUT2D eigenvalue weighted by molar-refractivity contribution is -0.139. The van der Waals surface area contributed by atoms with E-state index in [0.29, 0.717) is 42.9 Å². The number of rotatable bonds is 9. The number of carbonyl (C=O) groups excluding carboxylic acids is 1. The van der Waals surface area contributed by atoms with Gasteiger partial charge in [-0.05, 0) is 32.8 Å². The van der Waals surface area contributed by atoms with Crippen LogP contribution in [0.5, 0.6) is 11.5 Å². The zero-order chi connectivity index (χ0) is 22.1. The van der Waals surface area contributed by atoms with Crippen LogP contribution in [0.15, 0.2) is 41.0 Å². The third kappa shape index (κ3) is 4.84. The summed E-state index contributed by atoms with van der Waals surface area (Å²) in [5.74, 6) is -0.376. The van der Waals surface area contributed by atoms with Crippen LogP contribution in [0.25, 0.3) is 0 Å². The van der Waals surface area contributed by atoms with Crippen molar-refractivity contribution >= 4 is 5.97 Å². The number of carbonyl (C=O) groups is 1. The Kier molecular flexibility index (Phi) is 8.13. The minimum atomic E-state index is -0.827. The van der Waals surface area contributed by atoms with Gasteiger partial charge in [0.2, 0.25) is 5.88 Å². The Balaban J connectivity index is 2.56. The Morgan fingerprint density at radius 3 is 2.70 bits per heavy atom. The van der Waals surface area contributed by atoms with E-state index in [4.69, 9.17) is 29.9 Å². The van der Waals surface area contributed by atoms with E-state index >= 15 is 0 Å². The molecule has 30 heavy (non-hydrogen) atoms. The number of para-hydroxylation sites is 1. The summed E-state index contributed by atoms with van der Waals surface area (Å²) in [6.07, 6.45) is 1.80. The van der Waals surface area contributed by atoms with Crippen molar-refractivity contribution < 1.29 is 23.7 Å². The highest BCUT2D eigenvalue weighted by Gasteiger charge is 2.38. The van der Waals surface area contributed by atoms with Crippen molar-refractivity contribution in [3.8, 4) is 23.6 Å². The number of unbranched alkanes of at least 4 members (excludes halogenated alkanes) is 2. The molecule has 1 aliphatic rings. The second-order valence-corrected chi connectivity index (χ2v) is 6.46. The third-order valence-electron chi connectivity index (χ3n) is 4.57. The van der Waals surface area contributed by atoms with Gasteiger partial charge in [-0.2, -0.15) is 10.5 Å². The standard InChI is InChI=1S/C22H25N3O5/c1-4-28-22(26)18-14(2)30-21(25)16(13-24)19(18)15-9-8-10-17(27-3)20(15)29-12-7-5-6-11-23/h8-10,19H,4-7,12,25H2,1-3H3. The van der Waals surface area contributed by atoms with Gasteiger partial charge in [-0.15, -0.1) is 0 Å². The number of hydrogen-bond acceptors (Lipinski definition) is 8. The summed E-state index contributed by atoms with van der Waals surface area (Å²) in [5, 5.41) is 18.4. The normalized spacial score (nSPS) is 15.7. The summed E-state index contributed by atoms with van der Waals surface area (Å²) in [7, 11) is 1.51. The lowest BCUT2D eigenvalue weighted by Crippen LogP contribution is -2.26. The summed E-state index contributed by atoms with van der Waals surface area (Å²) in [4.78, 5) is 12.7. The van der Waals surface area contributed by atoms with Crippen molar-refractivity contribution in [3.05, 3.63) is 46.6 Å². The summed E-state index contributed by atoms with van der Waals surface area (Å²) >= 11 is 0. The molecule has 2 N–H and O–H groups in total. The molecule has 1 unspecified atom stereocenters. The molecule has 8 heteroatoms. The molecule has 0 radical (unpaired) electrons. The molecule has 0 aliphatic carbocycles. The predicted octanol–water partition coefficient (Wildman–Crippen LogP) is 3.41. The van der Waals surface area contributed by atoms with Crippen LogP contribution in [0.2, 0.25) is 0 Å². The van der Waals surface area contributed by atoms with E-state index in [9.17, 15) is 10.1 Å². The van der Waals surface area contributed by atoms with Crippen LogP contribution in [-0.2, 0) is 14.3 Å². The minimum Gasteiger partial charge on any atom is -0.493 e.